The number of hydrogen-bond acceptors (Lipinski definition) is 4. The van der Waals surface area contributed by atoms with Crippen molar-refractivity contribution in [2.24, 2.45) is 5.14 Å². The molecule has 3 N–H and O–H groups in total. The number of carbonyl (C=O) groups excluding carboxylic acids is 1. The highest BCUT2D eigenvalue weighted by molar-refractivity contribution is 7.89. The molecule has 116 valence electrons. The second-order valence-corrected chi connectivity index (χ2v) is 7.01. The van der Waals surface area contributed by atoms with Crippen LogP contribution in [0.15, 0.2) is 17.0 Å². The summed E-state index contributed by atoms with van der Waals surface area (Å²) in [6, 6.07) is 3.08. The molecule has 0 aromatic heterocycles. The molecular formula is C14H20N2O4S. The molecule has 0 saturated heterocycles. The van der Waals surface area contributed by atoms with Crippen LogP contribution in [-0.2, 0) is 14.8 Å². The minimum Gasteiger partial charge on any atom is -0.381 e. The molecule has 0 unspecified atom stereocenters. The Kier molecular flexibility index (Phi) is 4.36. The highest BCUT2D eigenvalue weighted by Gasteiger charge is 2.30. The number of rotatable bonds is 4. The van der Waals surface area contributed by atoms with Crippen LogP contribution in [0.4, 0.5) is 0 Å². The predicted octanol–water partition coefficient (Wildman–Crippen LogP) is 0.858. The SMILES string of the molecule is COC1CC(NC(=O)c2cc(S(N)(=O)=O)c(C)cc2C)C1. The first-order valence-electron chi connectivity index (χ1n) is 6.70. The fraction of sp³-hybridized carbons (Fsp3) is 0.500. The lowest BCUT2D eigenvalue weighted by atomic mass is 9.89. The predicted molar refractivity (Wildman–Crippen MR) is 78.6 cm³/mol. The molecule has 21 heavy (non-hydrogen) atoms. The van der Waals surface area contributed by atoms with E-state index in [-0.39, 0.29) is 22.9 Å². The van der Waals surface area contributed by atoms with Gasteiger partial charge in [0.1, 0.15) is 0 Å². The van der Waals surface area contributed by atoms with Crippen molar-refractivity contribution in [3.8, 4) is 0 Å². The molecule has 0 atom stereocenters. The second-order valence-electron chi connectivity index (χ2n) is 5.48. The van der Waals surface area contributed by atoms with Crippen molar-refractivity contribution in [2.45, 2.75) is 43.7 Å². The fourth-order valence-corrected chi connectivity index (χ4v) is 3.31. The van der Waals surface area contributed by atoms with E-state index < -0.39 is 10.0 Å². The maximum atomic E-state index is 12.3. The number of benzene rings is 1. The zero-order valence-electron chi connectivity index (χ0n) is 12.3. The van der Waals surface area contributed by atoms with E-state index in [1.165, 1.54) is 6.07 Å². The Morgan fingerprint density at radius 3 is 2.43 bits per heavy atom. The van der Waals surface area contributed by atoms with Gasteiger partial charge in [0.2, 0.25) is 10.0 Å². The Balaban J connectivity index is 2.21. The Bertz CT molecular complexity index is 664. The van der Waals surface area contributed by atoms with Crippen LogP contribution in [-0.4, -0.2) is 33.6 Å². The average molecular weight is 312 g/mol. The van der Waals surface area contributed by atoms with Gasteiger partial charge in [-0.3, -0.25) is 4.79 Å². The van der Waals surface area contributed by atoms with E-state index in [0.29, 0.717) is 11.1 Å². The molecule has 1 aromatic carbocycles. The smallest absolute Gasteiger partial charge is 0.251 e. The van der Waals surface area contributed by atoms with Crippen LogP contribution in [0.5, 0.6) is 0 Å². The van der Waals surface area contributed by atoms with Crippen LogP contribution < -0.4 is 10.5 Å². The molecule has 6 nitrogen and oxygen atoms in total. The van der Waals surface area contributed by atoms with Crippen LogP contribution in [0.2, 0.25) is 0 Å². The van der Waals surface area contributed by atoms with Crippen LogP contribution in [0.1, 0.15) is 34.3 Å². The summed E-state index contributed by atoms with van der Waals surface area (Å²) >= 11 is 0. The lowest BCUT2D eigenvalue weighted by Gasteiger charge is -2.34. The first-order valence-corrected chi connectivity index (χ1v) is 8.24. The number of nitrogens with two attached hydrogens (primary N) is 1. The van der Waals surface area contributed by atoms with E-state index in [9.17, 15) is 13.2 Å². The summed E-state index contributed by atoms with van der Waals surface area (Å²) in [6.45, 7) is 3.43. The van der Waals surface area contributed by atoms with Crippen molar-refractivity contribution in [3.63, 3.8) is 0 Å². The van der Waals surface area contributed by atoms with E-state index in [1.54, 1.807) is 27.0 Å². The number of primary sulfonamides is 1. The normalized spacial score (nSPS) is 21.7. The van der Waals surface area contributed by atoms with Gasteiger partial charge in [0.15, 0.2) is 0 Å². The largest absolute Gasteiger partial charge is 0.381 e. The number of hydrogen-bond donors (Lipinski definition) is 2. The molecule has 0 radical (unpaired) electrons. The molecule has 0 bridgehead atoms. The van der Waals surface area contributed by atoms with Crippen molar-refractivity contribution >= 4 is 15.9 Å². The number of ether oxygens (including phenoxy) is 1. The third-order valence-corrected chi connectivity index (χ3v) is 4.89. The molecule has 1 aliphatic rings. The van der Waals surface area contributed by atoms with Gasteiger partial charge in [0, 0.05) is 18.7 Å². The number of amides is 1. The first-order chi connectivity index (χ1) is 9.72. The molecular weight excluding hydrogens is 292 g/mol. The molecule has 0 heterocycles. The highest BCUT2D eigenvalue weighted by Crippen LogP contribution is 2.24. The molecule has 1 amide bonds. The lowest BCUT2D eigenvalue weighted by molar-refractivity contribution is 0.0176. The van der Waals surface area contributed by atoms with Crippen LogP contribution in [0, 0.1) is 13.8 Å². The molecule has 1 aromatic rings. The van der Waals surface area contributed by atoms with Crippen LogP contribution in [0.25, 0.3) is 0 Å². The molecule has 2 rings (SSSR count). The van der Waals surface area contributed by atoms with Gasteiger partial charge in [0.05, 0.1) is 11.0 Å². The van der Waals surface area contributed by atoms with Crippen molar-refractivity contribution in [3.05, 3.63) is 28.8 Å². The maximum Gasteiger partial charge on any atom is 0.251 e. The summed E-state index contributed by atoms with van der Waals surface area (Å²) in [4.78, 5) is 12.3. The standard InChI is InChI=1S/C14H20N2O4S/c1-8-4-9(2)13(21(15,18)19)7-12(8)14(17)16-10-5-11(6-10)20-3/h4,7,10-11H,5-6H2,1-3H3,(H,16,17)(H2,15,18,19). The summed E-state index contributed by atoms with van der Waals surface area (Å²) in [5.41, 5.74) is 1.60. The quantitative estimate of drug-likeness (QED) is 0.861. The average Bonchev–Trinajstić information content (AvgIpc) is 2.31. The number of sulfonamides is 1. The van der Waals surface area contributed by atoms with Crippen LogP contribution in [0.3, 0.4) is 0 Å². The summed E-state index contributed by atoms with van der Waals surface area (Å²) < 4.78 is 28.2. The minimum absolute atomic E-state index is 0.0124. The van der Waals surface area contributed by atoms with Gasteiger partial charge in [-0.2, -0.15) is 0 Å². The Morgan fingerprint density at radius 2 is 1.90 bits per heavy atom. The zero-order chi connectivity index (χ0) is 15.8. The molecule has 7 heteroatoms. The zero-order valence-corrected chi connectivity index (χ0v) is 13.2. The number of nitrogens with one attached hydrogen (secondary N) is 1. The van der Waals surface area contributed by atoms with Crippen molar-refractivity contribution in [1.82, 2.24) is 5.32 Å². The number of aryl methyl sites for hydroxylation is 2. The summed E-state index contributed by atoms with van der Waals surface area (Å²) in [7, 11) is -2.19. The molecule has 1 aliphatic carbocycles. The third kappa shape index (κ3) is 3.42. The Labute approximate surface area is 124 Å². The van der Waals surface area contributed by atoms with Gasteiger partial charge in [-0.05, 0) is 43.9 Å². The highest BCUT2D eigenvalue weighted by atomic mass is 32.2. The molecule has 0 spiro atoms. The second kappa shape index (κ2) is 5.75. The molecule has 1 fully saturated rings. The van der Waals surface area contributed by atoms with E-state index in [4.69, 9.17) is 9.88 Å². The van der Waals surface area contributed by atoms with Crippen molar-refractivity contribution in [2.75, 3.05) is 7.11 Å². The maximum absolute atomic E-state index is 12.3. The van der Waals surface area contributed by atoms with E-state index in [0.717, 1.165) is 18.4 Å². The fourth-order valence-electron chi connectivity index (χ4n) is 2.52. The summed E-state index contributed by atoms with van der Waals surface area (Å²) in [5, 5.41) is 8.06. The number of methoxy groups -OCH3 is 1. The van der Waals surface area contributed by atoms with Crippen molar-refractivity contribution < 1.29 is 17.9 Å². The lowest BCUT2D eigenvalue weighted by Crippen LogP contribution is -2.47. The van der Waals surface area contributed by atoms with Gasteiger partial charge < -0.3 is 10.1 Å². The number of carbonyl (C=O) groups is 1. The first kappa shape index (κ1) is 15.9. The minimum atomic E-state index is -3.84. The van der Waals surface area contributed by atoms with Gasteiger partial charge >= 0.3 is 0 Å². The molecule has 0 aliphatic heterocycles. The van der Waals surface area contributed by atoms with Gasteiger partial charge in [-0.15, -0.1) is 0 Å². The van der Waals surface area contributed by atoms with Crippen molar-refractivity contribution in [1.29, 1.82) is 0 Å². The topological polar surface area (TPSA) is 98.5 Å². The van der Waals surface area contributed by atoms with Crippen LogP contribution >= 0.6 is 0 Å². The summed E-state index contributed by atoms with van der Waals surface area (Å²) in [5.74, 6) is -0.281. The van der Waals surface area contributed by atoms with Gasteiger partial charge in [-0.1, -0.05) is 6.07 Å². The van der Waals surface area contributed by atoms with E-state index in [1.807, 2.05) is 0 Å². The molecule has 1 saturated carbocycles. The Hall–Kier alpha value is -1.44. The Morgan fingerprint density at radius 1 is 1.29 bits per heavy atom. The van der Waals surface area contributed by atoms with Gasteiger partial charge in [0.25, 0.3) is 5.91 Å². The monoisotopic (exact) mass is 312 g/mol. The van der Waals surface area contributed by atoms with E-state index in [2.05, 4.69) is 5.32 Å². The van der Waals surface area contributed by atoms with E-state index >= 15 is 0 Å². The van der Waals surface area contributed by atoms with Gasteiger partial charge in [-0.25, -0.2) is 13.6 Å². The summed E-state index contributed by atoms with van der Waals surface area (Å²) in [6.07, 6.45) is 1.74. The third-order valence-electron chi connectivity index (χ3n) is 3.84.